The number of aliphatic hydroxyl groups excluding tert-OH is 1. The highest BCUT2D eigenvalue weighted by molar-refractivity contribution is 5.73. The number of carbonyl (C=O) groups is 2. The molecule has 6 heteroatoms. The molecular weight excluding hydrogens is 228 g/mol. The Kier molecular flexibility index (Phi) is 8.13. The topological polar surface area (TPSA) is 82.1 Å². The van der Waals surface area contributed by atoms with Gasteiger partial charge in [0, 0.05) is 0 Å². The summed E-state index contributed by atoms with van der Waals surface area (Å²) in [5.41, 5.74) is 0. The van der Waals surface area contributed by atoms with Crippen LogP contribution in [-0.4, -0.2) is 42.7 Å². The second-order valence-corrected chi connectivity index (χ2v) is 3.69. The first kappa shape index (κ1) is 15.7. The molecule has 0 amide bonds. The van der Waals surface area contributed by atoms with Crippen molar-refractivity contribution in [2.45, 2.75) is 45.8 Å². The second-order valence-electron chi connectivity index (χ2n) is 3.69. The first-order valence-corrected chi connectivity index (χ1v) is 5.65. The van der Waals surface area contributed by atoms with Crippen molar-refractivity contribution in [3.8, 4) is 0 Å². The van der Waals surface area contributed by atoms with E-state index in [4.69, 9.17) is 5.11 Å². The summed E-state index contributed by atoms with van der Waals surface area (Å²) in [6, 6.07) is 0. The maximum atomic E-state index is 10.5. The molecule has 1 saturated heterocycles. The number of unbranched alkanes of at least 4 members (excludes halogenated alkanes) is 1. The predicted octanol–water partition coefficient (Wildman–Crippen LogP) is 1.25. The van der Waals surface area contributed by atoms with Crippen molar-refractivity contribution in [3.05, 3.63) is 0 Å². The summed E-state index contributed by atoms with van der Waals surface area (Å²) >= 11 is 0. The number of hydrogen-bond acceptors (Lipinski definition) is 6. The van der Waals surface area contributed by atoms with Gasteiger partial charge in [0.05, 0.1) is 6.61 Å². The van der Waals surface area contributed by atoms with Crippen LogP contribution in [0.2, 0.25) is 0 Å². The molecule has 0 saturated carbocycles. The van der Waals surface area contributed by atoms with E-state index in [9.17, 15) is 9.59 Å². The van der Waals surface area contributed by atoms with E-state index in [2.05, 4.69) is 14.2 Å². The number of cyclic esters (lactones) is 2. The van der Waals surface area contributed by atoms with Crippen LogP contribution in [0.25, 0.3) is 0 Å². The van der Waals surface area contributed by atoms with E-state index >= 15 is 0 Å². The van der Waals surface area contributed by atoms with E-state index in [0.29, 0.717) is 13.2 Å². The van der Waals surface area contributed by atoms with Gasteiger partial charge in [-0.05, 0) is 20.3 Å². The van der Waals surface area contributed by atoms with Crippen LogP contribution >= 0.6 is 0 Å². The monoisotopic (exact) mass is 248 g/mol. The quantitative estimate of drug-likeness (QED) is 0.595. The Balaban J connectivity index is 0.000000318. The minimum absolute atomic E-state index is 0.0486. The second kappa shape index (κ2) is 8.81. The maximum Gasteiger partial charge on any atom is 0.508 e. The standard InChI is InChI=1S/C7H14O3.C4H6O3/c1-3-4-5-10-7(9)6(2)8;1-3-2-6-4(5)7-3/h6,8H,3-5H2,1-2H3;3H,2H2,1H3. The van der Waals surface area contributed by atoms with Gasteiger partial charge in [-0.2, -0.15) is 0 Å². The molecule has 2 unspecified atom stereocenters. The van der Waals surface area contributed by atoms with Gasteiger partial charge in [0.2, 0.25) is 0 Å². The average Bonchev–Trinajstić information content (AvgIpc) is 2.63. The number of aliphatic hydroxyl groups is 1. The van der Waals surface area contributed by atoms with E-state index in [1.807, 2.05) is 6.92 Å². The molecule has 17 heavy (non-hydrogen) atoms. The predicted molar refractivity (Wildman–Crippen MR) is 59.4 cm³/mol. The Bertz CT molecular complexity index is 238. The van der Waals surface area contributed by atoms with E-state index in [0.717, 1.165) is 12.8 Å². The molecule has 1 fully saturated rings. The van der Waals surface area contributed by atoms with Crippen molar-refractivity contribution < 1.29 is 28.9 Å². The zero-order chi connectivity index (χ0) is 13.3. The van der Waals surface area contributed by atoms with Crippen molar-refractivity contribution in [1.82, 2.24) is 0 Å². The smallest absolute Gasteiger partial charge is 0.464 e. The number of esters is 1. The van der Waals surface area contributed by atoms with Gasteiger partial charge in [0.25, 0.3) is 0 Å². The molecule has 0 aliphatic carbocycles. The van der Waals surface area contributed by atoms with Crippen molar-refractivity contribution in [2.75, 3.05) is 13.2 Å². The van der Waals surface area contributed by atoms with Crippen LogP contribution in [0.1, 0.15) is 33.6 Å². The molecule has 0 aromatic heterocycles. The minimum atomic E-state index is -0.989. The van der Waals surface area contributed by atoms with Gasteiger partial charge in [-0.25, -0.2) is 9.59 Å². The average molecular weight is 248 g/mol. The lowest BCUT2D eigenvalue weighted by molar-refractivity contribution is -0.152. The molecule has 0 aromatic rings. The van der Waals surface area contributed by atoms with Crippen LogP contribution in [0.4, 0.5) is 4.79 Å². The zero-order valence-corrected chi connectivity index (χ0v) is 10.5. The molecule has 1 aliphatic heterocycles. The molecule has 0 spiro atoms. The number of rotatable bonds is 4. The van der Waals surface area contributed by atoms with Gasteiger partial charge in [-0.3, -0.25) is 0 Å². The third-order valence-corrected chi connectivity index (χ3v) is 1.82. The summed E-state index contributed by atoms with van der Waals surface area (Å²) in [4.78, 5) is 20.6. The zero-order valence-electron chi connectivity index (χ0n) is 10.5. The van der Waals surface area contributed by atoms with E-state index in [1.54, 1.807) is 6.92 Å². The summed E-state index contributed by atoms with van der Waals surface area (Å²) in [6.07, 6.45) is 0.266. The summed E-state index contributed by atoms with van der Waals surface area (Å²) in [6.45, 7) is 6.01. The van der Waals surface area contributed by atoms with Crippen LogP contribution < -0.4 is 0 Å². The fraction of sp³-hybridized carbons (Fsp3) is 0.818. The number of hydrogen-bond donors (Lipinski definition) is 1. The van der Waals surface area contributed by atoms with E-state index < -0.39 is 18.2 Å². The molecule has 6 nitrogen and oxygen atoms in total. The first-order valence-electron chi connectivity index (χ1n) is 5.65. The molecule has 1 rings (SSSR count). The van der Waals surface area contributed by atoms with Crippen molar-refractivity contribution in [1.29, 1.82) is 0 Å². The lowest BCUT2D eigenvalue weighted by Crippen LogP contribution is -2.19. The van der Waals surface area contributed by atoms with Gasteiger partial charge in [-0.15, -0.1) is 0 Å². The van der Waals surface area contributed by atoms with E-state index in [1.165, 1.54) is 6.92 Å². The van der Waals surface area contributed by atoms with Gasteiger partial charge >= 0.3 is 12.1 Å². The van der Waals surface area contributed by atoms with E-state index in [-0.39, 0.29) is 6.10 Å². The SMILES string of the molecule is CC1COC(=O)O1.CCCCOC(=O)C(C)O. The van der Waals surface area contributed by atoms with Crippen LogP contribution in [0.3, 0.4) is 0 Å². The third kappa shape index (κ3) is 8.50. The van der Waals surface area contributed by atoms with Crippen molar-refractivity contribution >= 4 is 12.1 Å². The van der Waals surface area contributed by atoms with Crippen molar-refractivity contribution in [2.24, 2.45) is 0 Å². The Morgan fingerprint density at radius 1 is 1.65 bits per heavy atom. The van der Waals surface area contributed by atoms with Gasteiger partial charge in [-0.1, -0.05) is 13.3 Å². The van der Waals surface area contributed by atoms with Crippen LogP contribution in [-0.2, 0) is 19.0 Å². The third-order valence-electron chi connectivity index (χ3n) is 1.82. The molecule has 2 atom stereocenters. The fourth-order valence-corrected chi connectivity index (χ4v) is 0.855. The minimum Gasteiger partial charge on any atom is -0.464 e. The van der Waals surface area contributed by atoms with Gasteiger partial charge in [0.15, 0.2) is 0 Å². The Morgan fingerprint density at radius 2 is 2.29 bits per heavy atom. The van der Waals surface area contributed by atoms with Gasteiger partial charge < -0.3 is 19.3 Å². The first-order chi connectivity index (χ1) is 7.97. The summed E-state index contributed by atoms with van der Waals surface area (Å²) in [7, 11) is 0. The molecule has 1 N–H and O–H groups in total. The van der Waals surface area contributed by atoms with Crippen LogP contribution in [0, 0.1) is 0 Å². The highest BCUT2D eigenvalue weighted by atomic mass is 16.8. The molecule has 1 heterocycles. The number of carbonyl (C=O) groups excluding carboxylic acids is 2. The summed E-state index contributed by atoms with van der Waals surface area (Å²) in [5.74, 6) is -0.534. The van der Waals surface area contributed by atoms with Gasteiger partial charge in [0.1, 0.15) is 18.8 Å². The Hall–Kier alpha value is -1.30. The fourth-order valence-electron chi connectivity index (χ4n) is 0.855. The molecule has 1 aliphatic rings. The summed E-state index contributed by atoms with van der Waals surface area (Å²) in [5, 5.41) is 8.65. The molecule has 100 valence electrons. The number of ether oxygens (including phenoxy) is 3. The largest absolute Gasteiger partial charge is 0.508 e. The normalized spacial score (nSPS) is 19.5. The molecule has 0 aromatic carbocycles. The lowest BCUT2D eigenvalue weighted by Gasteiger charge is -2.04. The molecule has 0 bridgehead atoms. The van der Waals surface area contributed by atoms with Crippen LogP contribution in [0.15, 0.2) is 0 Å². The molecule has 0 radical (unpaired) electrons. The molecular formula is C11H20O6. The van der Waals surface area contributed by atoms with Crippen LogP contribution in [0.5, 0.6) is 0 Å². The Morgan fingerprint density at radius 3 is 2.59 bits per heavy atom. The summed E-state index contributed by atoms with van der Waals surface area (Å²) < 4.78 is 13.6. The maximum absolute atomic E-state index is 10.5. The lowest BCUT2D eigenvalue weighted by atomic mass is 10.3. The highest BCUT2D eigenvalue weighted by Crippen LogP contribution is 2.02. The Labute approximate surface area is 101 Å². The highest BCUT2D eigenvalue weighted by Gasteiger charge is 2.19. The van der Waals surface area contributed by atoms with Crippen molar-refractivity contribution in [3.63, 3.8) is 0 Å².